The molecule has 0 spiro atoms. The van der Waals surface area contributed by atoms with Crippen molar-refractivity contribution in [3.63, 3.8) is 0 Å². The lowest BCUT2D eigenvalue weighted by Crippen LogP contribution is -2.63. The van der Waals surface area contributed by atoms with Crippen molar-refractivity contribution in [2.24, 2.45) is 11.8 Å². The summed E-state index contributed by atoms with van der Waals surface area (Å²) in [5.74, 6) is -6.50. The first-order valence-electron chi connectivity index (χ1n) is 23.0. The third-order valence-corrected chi connectivity index (χ3v) is 12.0. The standard InChI is InChI=1S/C56H50O15/c1-35-45(67-51(59)39-25-13-5-14-26-39)47(69-53(61)41-29-17-7-18-30-41)43(33-63-49(57)37-21-9-3-10-22-37)65-55(35)70-48-44(34-64-50(58)38-23-11-4-12-24-38)66-56(71-54(62)42-31-19-8-20-32-42)36(2)46(48)68-52(60)40-27-15-6-16-28-40/h3-32,35-36,43-48,55-56H,33-34H2,1-2H3. The number of hydrogen-bond donors (Lipinski definition) is 0. The molecule has 2 fully saturated rings. The lowest BCUT2D eigenvalue weighted by molar-refractivity contribution is -0.337. The Morgan fingerprint density at radius 1 is 0.338 bits per heavy atom. The van der Waals surface area contributed by atoms with E-state index in [9.17, 15) is 28.8 Å². The molecule has 15 heteroatoms. The summed E-state index contributed by atoms with van der Waals surface area (Å²) < 4.78 is 56.3. The summed E-state index contributed by atoms with van der Waals surface area (Å²) in [6, 6.07) is 49.1. The Kier molecular flexibility index (Phi) is 16.4. The summed E-state index contributed by atoms with van der Waals surface area (Å²) in [6.45, 7) is 2.21. The fraction of sp³-hybridized carbons (Fsp3) is 0.250. The molecule has 10 atom stereocenters. The highest BCUT2D eigenvalue weighted by Crippen LogP contribution is 2.38. The molecule has 0 amide bonds. The van der Waals surface area contributed by atoms with E-state index in [1.165, 1.54) is 0 Å². The van der Waals surface area contributed by atoms with E-state index < -0.39 is 110 Å². The Morgan fingerprint density at radius 2 is 0.606 bits per heavy atom. The van der Waals surface area contributed by atoms with E-state index in [-0.39, 0.29) is 33.4 Å². The Hall–Kier alpha value is -7.98. The average molecular weight is 963 g/mol. The largest absolute Gasteiger partial charge is 0.459 e. The highest BCUT2D eigenvalue weighted by Gasteiger charge is 2.55. The quantitative estimate of drug-likeness (QED) is 0.0665. The number of esters is 6. The summed E-state index contributed by atoms with van der Waals surface area (Å²) >= 11 is 0. The smallest absolute Gasteiger partial charge is 0.340 e. The van der Waals surface area contributed by atoms with Crippen LogP contribution in [-0.2, 0) is 42.6 Å². The molecule has 364 valence electrons. The lowest BCUT2D eigenvalue weighted by atomic mass is 9.89. The van der Waals surface area contributed by atoms with Crippen LogP contribution in [0.4, 0.5) is 0 Å². The van der Waals surface area contributed by atoms with E-state index in [1.807, 2.05) is 0 Å². The number of carbonyl (C=O) groups is 6. The van der Waals surface area contributed by atoms with Crippen LogP contribution < -0.4 is 0 Å². The third-order valence-electron chi connectivity index (χ3n) is 12.0. The predicted molar refractivity (Wildman–Crippen MR) is 253 cm³/mol. The van der Waals surface area contributed by atoms with Crippen LogP contribution in [0.3, 0.4) is 0 Å². The second-order valence-electron chi connectivity index (χ2n) is 16.8. The summed E-state index contributed by atoms with van der Waals surface area (Å²) in [5, 5.41) is 0. The molecule has 0 radical (unpaired) electrons. The van der Waals surface area contributed by atoms with Crippen LogP contribution in [0.5, 0.6) is 0 Å². The maximum atomic E-state index is 14.1. The Labute approximate surface area is 409 Å². The molecule has 8 rings (SSSR count). The van der Waals surface area contributed by atoms with Crippen molar-refractivity contribution in [1.29, 1.82) is 0 Å². The molecule has 10 unspecified atom stereocenters. The summed E-state index contributed by atoms with van der Waals surface area (Å²) in [5.41, 5.74) is 1.22. The number of carbonyl (C=O) groups excluding carboxylic acids is 6. The summed E-state index contributed by atoms with van der Waals surface area (Å²) in [6.07, 6.45) is -11.0. The minimum atomic E-state index is -1.45. The molecule has 15 nitrogen and oxygen atoms in total. The van der Waals surface area contributed by atoms with Gasteiger partial charge in [0.25, 0.3) is 0 Å². The van der Waals surface area contributed by atoms with Crippen molar-refractivity contribution in [2.75, 3.05) is 13.2 Å². The zero-order valence-electron chi connectivity index (χ0n) is 38.6. The summed E-state index contributed by atoms with van der Waals surface area (Å²) in [4.78, 5) is 82.6. The number of benzene rings is 6. The topological polar surface area (TPSA) is 185 Å². The second kappa shape index (κ2) is 23.6. The molecular weight excluding hydrogens is 913 g/mol. The number of hydrogen-bond acceptors (Lipinski definition) is 15. The van der Waals surface area contributed by atoms with Crippen molar-refractivity contribution in [1.82, 2.24) is 0 Å². The van der Waals surface area contributed by atoms with Gasteiger partial charge in [-0.3, -0.25) is 0 Å². The van der Waals surface area contributed by atoms with Gasteiger partial charge >= 0.3 is 35.8 Å². The Balaban J connectivity index is 1.18. The van der Waals surface area contributed by atoms with Gasteiger partial charge in [-0.15, -0.1) is 0 Å². The second-order valence-corrected chi connectivity index (χ2v) is 16.8. The van der Waals surface area contributed by atoms with Gasteiger partial charge in [0.2, 0.25) is 6.29 Å². The molecule has 6 aromatic rings. The predicted octanol–water partition coefficient (Wildman–Crippen LogP) is 8.34. The van der Waals surface area contributed by atoms with Gasteiger partial charge in [0.05, 0.1) is 39.3 Å². The van der Waals surface area contributed by atoms with Crippen molar-refractivity contribution in [3.05, 3.63) is 215 Å². The zero-order valence-corrected chi connectivity index (χ0v) is 38.6. The van der Waals surface area contributed by atoms with Crippen molar-refractivity contribution in [3.8, 4) is 0 Å². The third kappa shape index (κ3) is 12.4. The minimum Gasteiger partial charge on any atom is -0.459 e. The SMILES string of the molecule is CC1C(OC2C(COC(=O)c3ccccc3)OC(OC(=O)c3ccccc3)C(C)C2OC(=O)c2ccccc2)OC(COC(=O)c2ccccc2)C(OC(=O)c2ccccc2)C1OC(=O)c1ccccc1. The molecule has 0 bridgehead atoms. The van der Waals surface area contributed by atoms with Crippen LogP contribution in [0.1, 0.15) is 76.0 Å². The average Bonchev–Trinajstić information content (AvgIpc) is 3.42. The van der Waals surface area contributed by atoms with Gasteiger partial charge in [0, 0.05) is 5.92 Å². The molecule has 2 heterocycles. The van der Waals surface area contributed by atoms with Gasteiger partial charge in [-0.05, 0) is 72.8 Å². The van der Waals surface area contributed by atoms with E-state index in [0.29, 0.717) is 0 Å². The first-order chi connectivity index (χ1) is 34.5. The van der Waals surface area contributed by atoms with Crippen LogP contribution in [0.15, 0.2) is 182 Å². The monoisotopic (exact) mass is 962 g/mol. The maximum Gasteiger partial charge on any atom is 0.340 e. The van der Waals surface area contributed by atoms with Gasteiger partial charge in [0.15, 0.2) is 12.4 Å². The van der Waals surface area contributed by atoms with Crippen LogP contribution in [0.2, 0.25) is 0 Å². The van der Waals surface area contributed by atoms with Crippen molar-refractivity contribution >= 4 is 35.8 Å². The molecular formula is C56H50O15. The van der Waals surface area contributed by atoms with Gasteiger partial charge in [0.1, 0.15) is 43.7 Å². The molecule has 6 aromatic carbocycles. The summed E-state index contributed by atoms with van der Waals surface area (Å²) in [7, 11) is 0. The molecule has 0 N–H and O–H groups in total. The van der Waals surface area contributed by atoms with Crippen LogP contribution >= 0.6 is 0 Å². The Bertz CT molecular complexity index is 2720. The molecule has 0 aromatic heterocycles. The van der Waals surface area contributed by atoms with E-state index >= 15 is 0 Å². The van der Waals surface area contributed by atoms with Gasteiger partial charge in [-0.2, -0.15) is 0 Å². The first-order valence-corrected chi connectivity index (χ1v) is 23.0. The highest BCUT2D eigenvalue weighted by atomic mass is 16.8. The number of rotatable bonds is 16. The lowest BCUT2D eigenvalue weighted by Gasteiger charge is -2.48. The van der Waals surface area contributed by atoms with Crippen LogP contribution in [0, 0.1) is 11.8 Å². The van der Waals surface area contributed by atoms with Crippen LogP contribution in [-0.4, -0.2) is 98.2 Å². The van der Waals surface area contributed by atoms with E-state index in [4.69, 9.17) is 42.6 Å². The van der Waals surface area contributed by atoms with Gasteiger partial charge in [-0.25, -0.2) is 28.8 Å². The molecule has 2 aliphatic rings. The molecule has 2 aliphatic heterocycles. The maximum absolute atomic E-state index is 14.1. The molecule has 71 heavy (non-hydrogen) atoms. The zero-order chi connectivity index (χ0) is 49.7. The van der Waals surface area contributed by atoms with E-state index in [2.05, 4.69) is 0 Å². The fourth-order valence-corrected chi connectivity index (χ4v) is 8.13. The normalized spacial score (nSPS) is 23.7. The van der Waals surface area contributed by atoms with Crippen LogP contribution in [0.25, 0.3) is 0 Å². The Morgan fingerprint density at radius 3 is 0.972 bits per heavy atom. The van der Waals surface area contributed by atoms with E-state index in [0.717, 1.165) is 0 Å². The molecule has 0 saturated carbocycles. The minimum absolute atomic E-state index is 0.179. The van der Waals surface area contributed by atoms with Crippen molar-refractivity contribution in [2.45, 2.75) is 63.1 Å². The highest BCUT2D eigenvalue weighted by molar-refractivity contribution is 5.92. The van der Waals surface area contributed by atoms with Crippen molar-refractivity contribution < 1.29 is 71.4 Å². The number of ether oxygens (including phenoxy) is 9. The molecule has 2 saturated heterocycles. The first kappa shape index (κ1) is 49.4. The van der Waals surface area contributed by atoms with Gasteiger partial charge < -0.3 is 42.6 Å². The van der Waals surface area contributed by atoms with E-state index in [1.54, 1.807) is 196 Å². The fourth-order valence-electron chi connectivity index (χ4n) is 8.13. The molecule has 0 aliphatic carbocycles. The van der Waals surface area contributed by atoms with Gasteiger partial charge in [-0.1, -0.05) is 123 Å².